The van der Waals surface area contributed by atoms with Gasteiger partial charge in [-0.25, -0.2) is 0 Å². The van der Waals surface area contributed by atoms with Gasteiger partial charge in [0.1, 0.15) is 0 Å². The van der Waals surface area contributed by atoms with Gasteiger partial charge in [-0.3, -0.25) is 4.21 Å². The second-order valence-corrected chi connectivity index (χ2v) is 2.87. The molecule has 0 atom stereocenters. The summed E-state index contributed by atoms with van der Waals surface area (Å²) < 4.78 is 9.56. The van der Waals surface area contributed by atoms with Crippen molar-refractivity contribution in [3.8, 4) is 0 Å². The maximum Gasteiger partial charge on any atom is 0.294 e. The van der Waals surface area contributed by atoms with Crippen LogP contribution in [0.4, 0.5) is 0 Å². The normalized spacial score (nSPS) is 8.00. The molecular weight excluding hydrogens is 158 g/mol. The van der Waals surface area contributed by atoms with Gasteiger partial charge in [0.15, 0.2) is 0 Å². The van der Waals surface area contributed by atoms with E-state index in [0.717, 1.165) is 0 Å². The Kier molecular flexibility index (Phi) is 10.1. The summed E-state index contributed by atoms with van der Waals surface area (Å²) in [6.45, 7) is 1.69. The first-order valence-corrected chi connectivity index (χ1v) is 4.49. The summed E-state index contributed by atoms with van der Waals surface area (Å²) in [5.74, 6) is 0. The molecule has 0 N–H and O–H groups in total. The van der Waals surface area contributed by atoms with E-state index in [4.69, 9.17) is 0 Å². The first kappa shape index (κ1) is 12.1. The van der Waals surface area contributed by atoms with Crippen molar-refractivity contribution in [3.63, 3.8) is 0 Å². The van der Waals surface area contributed by atoms with Crippen LogP contribution >= 0.6 is 0 Å². The summed E-state index contributed by atoms with van der Waals surface area (Å²) in [6, 6.07) is 0. The molecule has 0 aliphatic rings. The fraction of sp³-hybridized carbons (Fsp3) is 1.00. The zero-order valence-electron chi connectivity index (χ0n) is 6.20. The number of hydrogen-bond acceptors (Lipinski definition) is 4. The Balaban J connectivity index is 0. The molecular formula is C4H11NO4S. The minimum absolute atomic E-state index is 0.132. The van der Waals surface area contributed by atoms with Gasteiger partial charge in [0.05, 0.1) is 6.61 Å². The summed E-state index contributed by atoms with van der Waals surface area (Å²) in [5, 5.41) is 8.36. The maximum absolute atomic E-state index is 9.56. The molecule has 0 amide bonds. The molecule has 0 rings (SSSR count). The van der Waals surface area contributed by atoms with E-state index in [1.165, 1.54) is 0 Å². The highest BCUT2D eigenvalue weighted by Gasteiger charge is 1.83. The molecule has 0 aromatic rings. The molecule has 0 bridgehead atoms. The van der Waals surface area contributed by atoms with Crippen molar-refractivity contribution >= 4 is 10.8 Å². The Hall–Kier alpha value is -0.650. The van der Waals surface area contributed by atoms with Gasteiger partial charge in [-0.2, -0.15) is 0 Å². The SMILES string of the molecule is CCO[N+](=O)[O-].CS(C)=O. The van der Waals surface area contributed by atoms with Crippen molar-refractivity contribution in [1.29, 1.82) is 0 Å². The monoisotopic (exact) mass is 169 g/mol. The van der Waals surface area contributed by atoms with E-state index < -0.39 is 15.9 Å². The Labute approximate surface area is 61.9 Å². The second kappa shape index (κ2) is 8.35. The highest BCUT2D eigenvalue weighted by molar-refractivity contribution is 7.83. The van der Waals surface area contributed by atoms with Crippen LogP contribution < -0.4 is 0 Å². The third kappa shape index (κ3) is 53.7. The largest absolute Gasteiger partial charge is 0.314 e. The molecule has 10 heavy (non-hydrogen) atoms. The number of nitrogens with zero attached hydrogens (tertiary/aromatic N) is 1. The molecule has 0 aliphatic carbocycles. The van der Waals surface area contributed by atoms with Crippen LogP contribution in [0.15, 0.2) is 0 Å². The van der Waals surface area contributed by atoms with Gasteiger partial charge in [-0.05, 0) is 6.92 Å². The van der Waals surface area contributed by atoms with Crippen LogP contribution in [-0.2, 0) is 15.6 Å². The zero-order valence-corrected chi connectivity index (χ0v) is 7.01. The van der Waals surface area contributed by atoms with Crippen LogP contribution in [0.3, 0.4) is 0 Å². The molecule has 0 unspecified atom stereocenters. The molecule has 5 nitrogen and oxygen atoms in total. The molecule has 0 saturated heterocycles. The van der Waals surface area contributed by atoms with Crippen molar-refractivity contribution in [2.75, 3.05) is 19.1 Å². The first-order valence-electron chi connectivity index (χ1n) is 2.53. The highest BCUT2D eigenvalue weighted by atomic mass is 32.2. The fourth-order valence-electron chi connectivity index (χ4n) is 0.105. The van der Waals surface area contributed by atoms with E-state index in [0.29, 0.717) is 0 Å². The van der Waals surface area contributed by atoms with Crippen LogP contribution in [0.5, 0.6) is 0 Å². The van der Waals surface area contributed by atoms with Gasteiger partial charge in [0.2, 0.25) is 0 Å². The molecule has 0 aliphatic heterocycles. The molecule has 0 spiro atoms. The Bertz CT molecular complexity index is 112. The zero-order chi connectivity index (χ0) is 8.57. The molecule has 0 radical (unpaired) electrons. The minimum atomic E-state index is -0.819. The predicted molar refractivity (Wildman–Crippen MR) is 38.6 cm³/mol. The summed E-state index contributed by atoms with van der Waals surface area (Å²) in [6.07, 6.45) is 3.28. The van der Waals surface area contributed by atoms with Crippen LogP contribution in [0.1, 0.15) is 6.92 Å². The second-order valence-electron chi connectivity index (χ2n) is 1.38. The highest BCUT2D eigenvalue weighted by Crippen LogP contribution is 1.67. The lowest BCUT2D eigenvalue weighted by Crippen LogP contribution is -1.97. The van der Waals surface area contributed by atoms with Gasteiger partial charge in [-0.15, -0.1) is 10.1 Å². The van der Waals surface area contributed by atoms with Crippen molar-refractivity contribution in [2.24, 2.45) is 0 Å². The summed E-state index contributed by atoms with van der Waals surface area (Å²) in [4.78, 5) is 12.9. The fourth-order valence-corrected chi connectivity index (χ4v) is 0.105. The van der Waals surface area contributed by atoms with Crippen molar-refractivity contribution < 1.29 is 14.1 Å². The molecule has 0 heterocycles. The molecule has 6 heteroatoms. The summed E-state index contributed by atoms with van der Waals surface area (Å²) in [7, 11) is -0.611. The lowest BCUT2D eigenvalue weighted by Gasteiger charge is -1.83. The number of hydrogen-bond donors (Lipinski definition) is 0. The maximum atomic E-state index is 9.56. The van der Waals surface area contributed by atoms with E-state index >= 15 is 0 Å². The standard InChI is InChI=1S/C2H5NO3.C2H6OS/c1-2-6-3(4)5;1-4(2)3/h2H2,1H3;1-2H3. The van der Waals surface area contributed by atoms with Crippen molar-refractivity contribution in [2.45, 2.75) is 6.92 Å². The quantitative estimate of drug-likeness (QED) is 0.437. The molecule has 62 valence electrons. The van der Waals surface area contributed by atoms with Gasteiger partial charge in [0, 0.05) is 23.3 Å². The molecule has 0 aromatic carbocycles. The minimum Gasteiger partial charge on any atom is -0.314 e. The third-order valence-corrected chi connectivity index (χ3v) is 0.235. The van der Waals surface area contributed by atoms with E-state index in [1.54, 1.807) is 19.4 Å². The van der Waals surface area contributed by atoms with Crippen LogP contribution in [0, 0.1) is 10.1 Å². The summed E-state index contributed by atoms with van der Waals surface area (Å²) >= 11 is 0. The lowest BCUT2D eigenvalue weighted by atomic mass is 10.9. The lowest BCUT2D eigenvalue weighted by molar-refractivity contribution is -0.756. The van der Waals surface area contributed by atoms with Crippen molar-refractivity contribution in [1.82, 2.24) is 0 Å². The van der Waals surface area contributed by atoms with Gasteiger partial charge >= 0.3 is 0 Å². The van der Waals surface area contributed by atoms with E-state index in [2.05, 4.69) is 4.84 Å². The van der Waals surface area contributed by atoms with Gasteiger partial charge in [-0.1, -0.05) is 0 Å². The smallest absolute Gasteiger partial charge is 0.294 e. The van der Waals surface area contributed by atoms with Gasteiger partial charge < -0.3 is 4.84 Å². The molecule has 0 fully saturated rings. The van der Waals surface area contributed by atoms with Crippen LogP contribution in [0.2, 0.25) is 0 Å². The molecule has 0 aromatic heterocycles. The topological polar surface area (TPSA) is 69.4 Å². The van der Waals surface area contributed by atoms with Crippen molar-refractivity contribution in [3.05, 3.63) is 10.1 Å². The van der Waals surface area contributed by atoms with Crippen LogP contribution in [-0.4, -0.2) is 28.4 Å². The number of rotatable bonds is 2. The Morgan fingerprint density at radius 1 is 1.60 bits per heavy atom. The van der Waals surface area contributed by atoms with Crippen LogP contribution in [0.25, 0.3) is 0 Å². The average molecular weight is 169 g/mol. The van der Waals surface area contributed by atoms with E-state index in [9.17, 15) is 14.3 Å². The first-order chi connectivity index (χ1) is 4.50. The third-order valence-electron chi connectivity index (χ3n) is 0.235. The summed E-state index contributed by atoms with van der Waals surface area (Å²) in [5.41, 5.74) is 0. The Morgan fingerprint density at radius 2 is 1.90 bits per heavy atom. The average Bonchev–Trinajstić information content (AvgIpc) is 1.62. The molecule has 0 saturated carbocycles. The van der Waals surface area contributed by atoms with E-state index in [-0.39, 0.29) is 6.61 Å². The van der Waals surface area contributed by atoms with Gasteiger partial charge in [0.25, 0.3) is 5.09 Å². The van der Waals surface area contributed by atoms with E-state index in [1.807, 2.05) is 0 Å². The Morgan fingerprint density at radius 3 is 1.90 bits per heavy atom. The predicted octanol–water partition coefficient (Wildman–Crippen LogP) is 0.209.